The molecule has 2 aliphatic heterocycles. The van der Waals surface area contributed by atoms with E-state index in [0.29, 0.717) is 5.56 Å². The molecule has 162 valence electrons. The Hall–Kier alpha value is -3.20. The second-order valence-electron chi connectivity index (χ2n) is 8.66. The first-order valence-corrected chi connectivity index (χ1v) is 11.0. The van der Waals surface area contributed by atoms with E-state index < -0.39 is 39.0 Å². The normalized spacial score (nSPS) is 20.3. The standard InChI is InChI=1S/C22H21FN2O5S/c1-22(2,3)20-18(27)16(21(28)25(20)11-12-7-9-13(23)10-8-12)17-14-5-4-6-15(26)19(14)31(29,30)24-17/h4-10,20,26-27H,11H2,1-3H3/t20-/m1/s1. The molecule has 31 heavy (non-hydrogen) atoms. The molecule has 7 nitrogen and oxygen atoms in total. The van der Waals surface area contributed by atoms with Gasteiger partial charge in [0.15, 0.2) is 0 Å². The fraction of sp³-hybridized carbons (Fsp3) is 0.273. The van der Waals surface area contributed by atoms with Crippen molar-refractivity contribution in [2.75, 3.05) is 0 Å². The average Bonchev–Trinajstić information content (AvgIpc) is 3.07. The lowest BCUT2D eigenvalue weighted by Gasteiger charge is -2.35. The molecule has 0 bridgehead atoms. The Morgan fingerprint density at radius 3 is 2.35 bits per heavy atom. The third-order valence-electron chi connectivity index (χ3n) is 5.34. The molecule has 2 aliphatic rings. The number of fused-ring (bicyclic) bond motifs is 1. The summed E-state index contributed by atoms with van der Waals surface area (Å²) >= 11 is 0. The quantitative estimate of drug-likeness (QED) is 0.755. The number of sulfonamides is 1. The monoisotopic (exact) mass is 444 g/mol. The van der Waals surface area contributed by atoms with Gasteiger partial charge in [-0.25, -0.2) is 4.39 Å². The van der Waals surface area contributed by atoms with E-state index >= 15 is 0 Å². The third-order valence-corrected chi connectivity index (χ3v) is 6.71. The van der Waals surface area contributed by atoms with Crippen molar-refractivity contribution < 1.29 is 27.8 Å². The van der Waals surface area contributed by atoms with E-state index in [1.807, 2.05) is 20.8 Å². The Balaban J connectivity index is 1.84. The summed E-state index contributed by atoms with van der Waals surface area (Å²) in [5.74, 6) is -1.76. The van der Waals surface area contributed by atoms with Gasteiger partial charge >= 0.3 is 0 Å². The van der Waals surface area contributed by atoms with Crippen molar-refractivity contribution in [2.45, 2.75) is 38.3 Å². The van der Waals surface area contributed by atoms with E-state index in [1.54, 1.807) is 12.1 Å². The zero-order chi connectivity index (χ0) is 22.7. The molecule has 0 aromatic heterocycles. The molecule has 0 saturated heterocycles. The summed E-state index contributed by atoms with van der Waals surface area (Å²) in [4.78, 5) is 14.5. The number of nitrogens with zero attached hydrogens (tertiary/aromatic N) is 2. The number of carbonyl (C=O) groups is 1. The molecule has 1 atom stereocenters. The molecule has 1 amide bonds. The van der Waals surface area contributed by atoms with Crippen molar-refractivity contribution in [2.24, 2.45) is 9.81 Å². The number of phenolic OH excluding ortho intramolecular Hbond substituents is 1. The molecule has 2 N–H and O–H groups in total. The first kappa shape index (κ1) is 21.0. The van der Waals surface area contributed by atoms with Crippen LogP contribution < -0.4 is 0 Å². The lowest BCUT2D eigenvalue weighted by molar-refractivity contribution is -0.129. The molecule has 2 aromatic rings. The predicted molar refractivity (Wildman–Crippen MR) is 112 cm³/mol. The van der Waals surface area contributed by atoms with Crippen LogP contribution in [0.3, 0.4) is 0 Å². The molecular weight excluding hydrogens is 423 g/mol. The fourth-order valence-corrected chi connectivity index (χ4v) is 5.38. The summed E-state index contributed by atoms with van der Waals surface area (Å²) < 4.78 is 42.1. The third kappa shape index (κ3) is 3.38. The van der Waals surface area contributed by atoms with Crippen molar-refractivity contribution in [1.82, 2.24) is 4.90 Å². The summed E-state index contributed by atoms with van der Waals surface area (Å²) in [6, 6.07) is 8.99. The number of aliphatic hydroxyl groups is 1. The Bertz CT molecular complexity index is 1260. The highest BCUT2D eigenvalue weighted by molar-refractivity contribution is 7.91. The lowest BCUT2D eigenvalue weighted by atomic mass is 9.84. The molecule has 0 unspecified atom stereocenters. The number of benzene rings is 2. The second kappa shape index (κ2) is 6.91. The van der Waals surface area contributed by atoms with Crippen molar-refractivity contribution >= 4 is 21.6 Å². The van der Waals surface area contributed by atoms with E-state index in [9.17, 15) is 27.8 Å². The molecule has 2 aromatic carbocycles. The van der Waals surface area contributed by atoms with Gasteiger partial charge in [0.05, 0.1) is 6.04 Å². The molecular formula is C22H21FN2O5S. The van der Waals surface area contributed by atoms with Crippen LogP contribution in [0.2, 0.25) is 0 Å². The summed E-state index contributed by atoms with van der Waals surface area (Å²) in [6.07, 6.45) is 0. The number of phenols is 1. The molecule has 0 radical (unpaired) electrons. The summed E-state index contributed by atoms with van der Waals surface area (Å²) in [5.41, 5.74) is -0.288. The van der Waals surface area contributed by atoms with Gasteiger partial charge in [-0.15, -0.1) is 0 Å². The van der Waals surface area contributed by atoms with Gasteiger partial charge in [0.1, 0.15) is 33.5 Å². The number of amides is 1. The highest BCUT2D eigenvalue weighted by atomic mass is 32.2. The first-order chi connectivity index (χ1) is 14.4. The maximum atomic E-state index is 13.4. The van der Waals surface area contributed by atoms with Crippen LogP contribution in [0.15, 0.2) is 63.1 Å². The van der Waals surface area contributed by atoms with E-state index in [0.717, 1.165) is 0 Å². The Morgan fingerprint density at radius 1 is 1.10 bits per heavy atom. The smallest absolute Gasteiger partial charge is 0.287 e. The van der Waals surface area contributed by atoms with Gasteiger partial charge in [-0.1, -0.05) is 45.0 Å². The molecule has 0 saturated carbocycles. The maximum Gasteiger partial charge on any atom is 0.287 e. The minimum Gasteiger partial charge on any atom is -0.509 e. The second-order valence-corrected chi connectivity index (χ2v) is 10.2. The Labute approximate surface area is 179 Å². The predicted octanol–water partition coefficient (Wildman–Crippen LogP) is 3.29. The number of hydrogen-bond donors (Lipinski definition) is 2. The average molecular weight is 444 g/mol. The number of aromatic hydroxyl groups is 1. The van der Waals surface area contributed by atoms with Gasteiger partial charge < -0.3 is 15.1 Å². The van der Waals surface area contributed by atoms with Gasteiger partial charge in [0, 0.05) is 12.1 Å². The van der Waals surface area contributed by atoms with Crippen LogP contribution in [0.25, 0.3) is 0 Å². The van der Waals surface area contributed by atoms with Crippen molar-refractivity contribution in [3.05, 3.63) is 70.7 Å². The van der Waals surface area contributed by atoms with Gasteiger partial charge in [-0.2, -0.15) is 12.8 Å². The Morgan fingerprint density at radius 2 is 1.74 bits per heavy atom. The number of aliphatic hydroxyl groups excluding tert-OH is 1. The molecule has 9 heteroatoms. The number of carbonyl (C=O) groups excluding carboxylic acids is 1. The topological polar surface area (TPSA) is 107 Å². The SMILES string of the molecule is CC(C)(C)[C@H]1C(O)=C(C2=NS(=O)(=O)c3c(O)cccc32)C(=O)N1Cc1ccc(F)cc1. The maximum absolute atomic E-state index is 13.4. The molecule has 0 aliphatic carbocycles. The van der Waals surface area contributed by atoms with Gasteiger partial charge in [-0.3, -0.25) is 4.79 Å². The molecule has 0 spiro atoms. The lowest BCUT2D eigenvalue weighted by Crippen LogP contribution is -2.43. The van der Waals surface area contributed by atoms with E-state index in [-0.39, 0.29) is 34.0 Å². The minimum atomic E-state index is -4.22. The van der Waals surface area contributed by atoms with Crippen LogP contribution in [0.1, 0.15) is 31.9 Å². The van der Waals surface area contributed by atoms with Gasteiger partial charge in [-0.05, 0) is 29.2 Å². The first-order valence-electron chi connectivity index (χ1n) is 9.58. The minimum absolute atomic E-state index is 0.0613. The van der Waals surface area contributed by atoms with Crippen molar-refractivity contribution in [3.8, 4) is 5.75 Å². The zero-order valence-electron chi connectivity index (χ0n) is 17.1. The number of hydrogen-bond acceptors (Lipinski definition) is 5. The van der Waals surface area contributed by atoms with Crippen LogP contribution in [0, 0.1) is 11.2 Å². The van der Waals surface area contributed by atoms with E-state index in [4.69, 9.17) is 0 Å². The van der Waals surface area contributed by atoms with E-state index in [2.05, 4.69) is 4.40 Å². The van der Waals surface area contributed by atoms with Crippen molar-refractivity contribution in [3.63, 3.8) is 0 Å². The largest absolute Gasteiger partial charge is 0.509 e. The highest BCUT2D eigenvalue weighted by Crippen LogP contribution is 2.42. The molecule has 0 fully saturated rings. The zero-order valence-corrected chi connectivity index (χ0v) is 17.9. The summed E-state index contributed by atoms with van der Waals surface area (Å²) in [5, 5.41) is 21.1. The van der Waals surface area contributed by atoms with Crippen LogP contribution in [-0.2, 0) is 21.4 Å². The van der Waals surface area contributed by atoms with Crippen LogP contribution in [0.5, 0.6) is 5.75 Å². The summed E-state index contributed by atoms with van der Waals surface area (Å²) in [7, 11) is -4.22. The number of halogens is 1. The van der Waals surface area contributed by atoms with Crippen LogP contribution in [0.4, 0.5) is 4.39 Å². The molecule has 2 heterocycles. The van der Waals surface area contributed by atoms with Gasteiger partial charge in [0.25, 0.3) is 15.9 Å². The van der Waals surface area contributed by atoms with Crippen LogP contribution in [-0.4, -0.2) is 41.2 Å². The van der Waals surface area contributed by atoms with Gasteiger partial charge in [0.2, 0.25) is 0 Å². The van der Waals surface area contributed by atoms with E-state index in [1.165, 1.54) is 35.2 Å². The van der Waals surface area contributed by atoms with Crippen LogP contribution >= 0.6 is 0 Å². The highest BCUT2D eigenvalue weighted by Gasteiger charge is 2.49. The molecule has 4 rings (SSSR count). The number of rotatable bonds is 3. The van der Waals surface area contributed by atoms with Crippen molar-refractivity contribution in [1.29, 1.82) is 0 Å². The fourth-order valence-electron chi connectivity index (χ4n) is 4.08. The Kier molecular flexibility index (Phi) is 4.69. The summed E-state index contributed by atoms with van der Waals surface area (Å²) in [6.45, 7) is 5.61.